The second-order valence-electron chi connectivity index (χ2n) is 7.57. The van der Waals surface area contributed by atoms with Crippen LogP contribution in [0.15, 0.2) is 0 Å². The molecule has 0 aromatic heterocycles. The van der Waals surface area contributed by atoms with Crippen molar-refractivity contribution in [2.24, 2.45) is 22.8 Å². The van der Waals surface area contributed by atoms with Crippen LogP contribution in [0.1, 0.15) is 46.5 Å². The van der Waals surface area contributed by atoms with Crippen molar-refractivity contribution in [1.82, 2.24) is 0 Å². The van der Waals surface area contributed by atoms with Gasteiger partial charge in [0.2, 0.25) is 0 Å². The minimum absolute atomic E-state index is 0.0306. The zero-order valence-electron chi connectivity index (χ0n) is 16.8. The van der Waals surface area contributed by atoms with Crippen LogP contribution in [0, 0.1) is 11.3 Å². The fourth-order valence-corrected chi connectivity index (χ4v) is 3.53. The molecule has 0 aromatic carbocycles. The van der Waals surface area contributed by atoms with Crippen LogP contribution in [0.5, 0.6) is 0 Å². The molecule has 0 saturated carbocycles. The summed E-state index contributed by atoms with van der Waals surface area (Å²) in [5, 5.41) is 28.7. The molecule has 0 rings (SSSR count). The first-order valence-corrected chi connectivity index (χ1v) is 10.2. The van der Waals surface area contributed by atoms with Gasteiger partial charge in [-0.1, -0.05) is 25.6 Å². The van der Waals surface area contributed by atoms with Gasteiger partial charge in [-0.15, -0.1) is 0 Å². The van der Waals surface area contributed by atoms with Crippen molar-refractivity contribution in [3.05, 3.63) is 0 Å². The van der Waals surface area contributed by atoms with Gasteiger partial charge in [0.1, 0.15) is 0 Å². The third-order valence-corrected chi connectivity index (χ3v) is 5.59. The third kappa shape index (κ3) is 10.4. The third-order valence-electron chi connectivity index (χ3n) is 4.54. The maximum atomic E-state index is 11.8. The average Bonchev–Trinajstić information content (AvgIpc) is 2.62. The van der Waals surface area contributed by atoms with Crippen LogP contribution < -0.4 is 11.5 Å². The van der Waals surface area contributed by atoms with Crippen LogP contribution in [0.25, 0.3) is 0 Å². The first-order chi connectivity index (χ1) is 12.9. The number of aliphatic hydroxyl groups is 2. The molecule has 0 heterocycles. The molecule has 2 unspecified atom stereocenters. The molecule has 0 bridgehead atoms. The van der Waals surface area contributed by atoms with Crippen molar-refractivity contribution in [3.8, 4) is 0 Å². The van der Waals surface area contributed by atoms with E-state index in [1.807, 2.05) is 0 Å². The SMILES string of the molecule is CC(=O)OCCCC(=O)SC[C@@H](C(=O)O)C(N)CCC(N)[C@H](O)C(C)(C)CO. The van der Waals surface area contributed by atoms with E-state index in [0.29, 0.717) is 6.42 Å². The summed E-state index contributed by atoms with van der Waals surface area (Å²) >= 11 is 0.895. The number of ether oxygens (including phenoxy) is 1. The van der Waals surface area contributed by atoms with E-state index in [0.717, 1.165) is 11.8 Å². The molecule has 0 radical (unpaired) electrons. The fraction of sp³-hybridized carbons (Fsp3) is 0.833. The number of aliphatic carboxylic acids is 1. The summed E-state index contributed by atoms with van der Waals surface area (Å²) < 4.78 is 4.74. The lowest BCUT2D eigenvalue weighted by Gasteiger charge is -2.33. The maximum Gasteiger partial charge on any atom is 0.308 e. The molecule has 4 atom stereocenters. The van der Waals surface area contributed by atoms with E-state index in [-0.39, 0.29) is 43.3 Å². The Bertz CT molecular complexity index is 516. The summed E-state index contributed by atoms with van der Waals surface area (Å²) in [6.07, 6.45) is 0.144. The predicted molar refractivity (Wildman–Crippen MR) is 107 cm³/mol. The number of thioether (sulfide) groups is 1. The lowest BCUT2D eigenvalue weighted by molar-refractivity contribution is -0.142. The normalized spacial score (nSPS) is 16.1. The Hall–Kier alpha value is -1.20. The minimum Gasteiger partial charge on any atom is -0.481 e. The lowest BCUT2D eigenvalue weighted by Crippen LogP contribution is -2.47. The van der Waals surface area contributed by atoms with Crippen LogP contribution in [0.2, 0.25) is 0 Å². The van der Waals surface area contributed by atoms with Crippen LogP contribution in [-0.4, -0.2) is 69.5 Å². The number of aliphatic hydroxyl groups excluding tert-OH is 2. The molecule has 0 spiro atoms. The Morgan fingerprint density at radius 2 is 1.71 bits per heavy atom. The zero-order chi connectivity index (χ0) is 21.9. The monoisotopic (exact) mass is 422 g/mol. The number of carboxylic acids is 1. The number of carbonyl (C=O) groups excluding carboxylic acids is 2. The van der Waals surface area contributed by atoms with Crippen LogP contribution in [0.3, 0.4) is 0 Å². The molecule has 28 heavy (non-hydrogen) atoms. The second-order valence-corrected chi connectivity index (χ2v) is 8.65. The highest BCUT2D eigenvalue weighted by atomic mass is 32.2. The van der Waals surface area contributed by atoms with Crippen molar-refractivity contribution in [3.63, 3.8) is 0 Å². The van der Waals surface area contributed by atoms with E-state index in [1.165, 1.54) is 6.92 Å². The molecule has 0 aliphatic carbocycles. The van der Waals surface area contributed by atoms with Gasteiger partial charge in [0.15, 0.2) is 5.12 Å². The Balaban J connectivity index is 4.45. The maximum absolute atomic E-state index is 11.8. The van der Waals surface area contributed by atoms with Gasteiger partial charge in [-0.25, -0.2) is 0 Å². The van der Waals surface area contributed by atoms with E-state index in [2.05, 4.69) is 0 Å². The predicted octanol–water partition coefficient (Wildman–Crippen LogP) is 0.105. The Morgan fingerprint density at radius 3 is 2.21 bits per heavy atom. The van der Waals surface area contributed by atoms with Gasteiger partial charge >= 0.3 is 11.9 Å². The molecule has 7 N–H and O–H groups in total. The summed E-state index contributed by atoms with van der Waals surface area (Å²) in [6, 6.07) is -1.38. The van der Waals surface area contributed by atoms with Gasteiger partial charge in [0.05, 0.1) is 25.2 Å². The Kier molecular flexibility index (Phi) is 12.5. The van der Waals surface area contributed by atoms with Crippen molar-refractivity contribution in [2.45, 2.75) is 64.6 Å². The molecular formula is C18H34N2O7S. The summed E-state index contributed by atoms with van der Waals surface area (Å²) in [5.41, 5.74) is 11.2. The topological polar surface area (TPSA) is 173 Å². The molecule has 0 amide bonds. The van der Waals surface area contributed by atoms with E-state index < -0.39 is 41.5 Å². The number of rotatable bonds is 14. The van der Waals surface area contributed by atoms with E-state index in [1.54, 1.807) is 13.8 Å². The smallest absolute Gasteiger partial charge is 0.308 e. The van der Waals surface area contributed by atoms with Gasteiger partial charge in [0.25, 0.3) is 0 Å². The number of hydrogen-bond acceptors (Lipinski definition) is 9. The standard InChI is InChI=1S/C18H34N2O7S/c1-11(22)27-8-4-5-15(23)28-9-12(17(25)26)13(19)6-7-14(20)16(24)18(2,3)10-21/h12-14,16,21,24H,4-10,19-20H2,1-3H3,(H,25,26)/t12-,13?,14?,16+/m1/s1. The van der Waals surface area contributed by atoms with Gasteiger partial charge < -0.3 is 31.5 Å². The van der Waals surface area contributed by atoms with Crippen LogP contribution in [-0.2, 0) is 19.1 Å². The van der Waals surface area contributed by atoms with E-state index in [9.17, 15) is 29.7 Å². The largest absolute Gasteiger partial charge is 0.481 e. The molecule has 0 fully saturated rings. The highest BCUT2D eigenvalue weighted by Crippen LogP contribution is 2.24. The highest BCUT2D eigenvalue weighted by Gasteiger charge is 2.33. The molecule has 9 nitrogen and oxygen atoms in total. The second kappa shape index (κ2) is 13.1. The average molecular weight is 423 g/mol. The summed E-state index contributed by atoms with van der Waals surface area (Å²) in [4.78, 5) is 34.0. The molecule has 10 heteroatoms. The number of esters is 1. The first-order valence-electron chi connectivity index (χ1n) is 9.24. The lowest BCUT2D eigenvalue weighted by atomic mass is 9.81. The Morgan fingerprint density at radius 1 is 1.14 bits per heavy atom. The number of carboxylic acid groups (broad SMARTS) is 1. The number of hydrogen-bond donors (Lipinski definition) is 5. The molecule has 0 aromatic rings. The quantitative estimate of drug-likeness (QED) is 0.191. The van der Waals surface area contributed by atoms with Gasteiger partial charge in [-0.3, -0.25) is 14.4 Å². The van der Waals surface area contributed by atoms with Crippen LogP contribution in [0.4, 0.5) is 0 Å². The molecule has 0 aliphatic heterocycles. The summed E-state index contributed by atoms with van der Waals surface area (Å²) in [6.45, 7) is 4.56. The van der Waals surface area contributed by atoms with Crippen molar-refractivity contribution in [2.75, 3.05) is 19.0 Å². The van der Waals surface area contributed by atoms with Gasteiger partial charge in [-0.05, 0) is 19.3 Å². The summed E-state index contributed by atoms with van der Waals surface area (Å²) in [7, 11) is 0. The number of nitrogens with two attached hydrogens (primary N) is 2. The molecular weight excluding hydrogens is 388 g/mol. The number of carbonyl (C=O) groups is 3. The van der Waals surface area contributed by atoms with Gasteiger partial charge in [-0.2, -0.15) is 0 Å². The van der Waals surface area contributed by atoms with Crippen LogP contribution >= 0.6 is 11.8 Å². The molecule has 0 aliphatic rings. The highest BCUT2D eigenvalue weighted by molar-refractivity contribution is 8.13. The summed E-state index contributed by atoms with van der Waals surface area (Å²) in [5.74, 6) is -2.42. The van der Waals surface area contributed by atoms with E-state index >= 15 is 0 Å². The molecule has 0 saturated heterocycles. The van der Waals surface area contributed by atoms with Gasteiger partial charge in [0, 0.05) is 36.6 Å². The van der Waals surface area contributed by atoms with Crippen molar-refractivity contribution >= 4 is 28.8 Å². The first kappa shape index (κ1) is 26.8. The van der Waals surface area contributed by atoms with Crippen molar-refractivity contribution < 1.29 is 34.4 Å². The van der Waals surface area contributed by atoms with Crippen molar-refractivity contribution in [1.29, 1.82) is 0 Å². The molecule has 164 valence electrons. The fourth-order valence-electron chi connectivity index (χ4n) is 2.48. The van der Waals surface area contributed by atoms with E-state index in [4.69, 9.17) is 16.2 Å². The Labute approximate surface area is 170 Å². The minimum atomic E-state index is -1.10. The zero-order valence-corrected chi connectivity index (χ0v) is 17.6.